The number of hydrogen-bond acceptors (Lipinski definition) is 4. The van der Waals surface area contributed by atoms with E-state index in [4.69, 9.17) is 11.6 Å². The van der Waals surface area contributed by atoms with Crippen LogP contribution in [0.25, 0.3) is 11.8 Å². The molecule has 5 nitrogen and oxygen atoms in total. The van der Waals surface area contributed by atoms with Gasteiger partial charge in [0.1, 0.15) is 5.75 Å². The monoisotopic (exact) mass is 409 g/mol. The summed E-state index contributed by atoms with van der Waals surface area (Å²) in [6, 6.07) is 16.2. The predicted molar refractivity (Wildman–Crippen MR) is 114 cm³/mol. The topological polar surface area (TPSA) is 66.6 Å². The summed E-state index contributed by atoms with van der Waals surface area (Å²) in [7, 11) is 0. The van der Waals surface area contributed by atoms with Crippen molar-refractivity contribution in [2.24, 2.45) is 4.99 Å². The molecule has 1 aliphatic rings. The molecule has 2 heterocycles. The molecule has 0 saturated carbocycles. The first-order valence-corrected chi connectivity index (χ1v) is 9.72. The summed E-state index contributed by atoms with van der Waals surface area (Å²) in [5.74, 6) is 0.0144. The minimum absolute atomic E-state index is 0.193. The average molecular weight is 410 g/mol. The number of nitrogens with one attached hydrogen (secondary N) is 1. The van der Waals surface area contributed by atoms with Crippen molar-refractivity contribution in [2.75, 3.05) is 0 Å². The molecule has 2 N–H and O–H groups in total. The molecule has 0 spiro atoms. The van der Waals surface area contributed by atoms with Gasteiger partial charge in [-0.3, -0.25) is 4.79 Å². The molecular weight excluding hydrogens is 394 g/mol. The number of benzene rings is 2. The Hall–Kier alpha value is -2.96. The molecule has 0 aliphatic carbocycles. The number of rotatable bonds is 3. The zero-order chi connectivity index (χ0) is 19.7. The first kappa shape index (κ1) is 18.4. The fourth-order valence-electron chi connectivity index (χ4n) is 2.80. The maximum atomic E-state index is 12.4. The molecule has 1 amide bonds. The fraction of sp³-hybridized carbons (Fsp3) is 0.0476. The van der Waals surface area contributed by atoms with Gasteiger partial charge in [-0.2, -0.15) is 0 Å². The van der Waals surface area contributed by atoms with E-state index in [1.54, 1.807) is 12.1 Å². The van der Waals surface area contributed by atoms with Gasteiger partial charge in [0.05, 0.1) is 10.6 Å². The standard InChI is InChI=1S/C21H16ClN3O2S/c1-13-17(22)5-2-6-18(13)23-21-24-20(27)19(28-21)12-15-4-3-11-25(15)14-7-9-16(26)10-8-14/h2-12,26H,1H3,(H,23,24,27)/b19-12+. The largest absolute Gasteiger partial charge is 0.508 e. The van der Waals surface area contributed by atoms with Crippen LogP contribution in [0.1, 0.15) is 11.3 Å². The number of thioether (sulfide) groups is 1. The van der Waals surface area contributed by atoms with Gasteiger partial charge in [-0.05, 0) is 78.9 Å². The summed E-state index contributed by atoms with van der Waals surface area (Å²) in [6.45, 7) is 1.89. The van der Waals surface area contributed by atoms with E-state index < -0.39 is 0 Å². The number of phenolic OH excluding ortho intramolecular Hbond substituents is 1. The van der Waals surface area contributed by atoms with Gasteiger partial charge in [0, 0.05) is 22.6 Å². The van der Waals surface area contributed by atoms with E-state index >= 15 is 0 Å². The second kappa shape index (κ2) is 7.58. The Morgan fingerprint density at radius 3 is 2.71 bits per heavy atom. The molecule has 1 aromatic heterocycles. The second-order valence-electron chi connectivity index (χ2n) is 6.19. The summed E-state index contributed by atoms with van der Waals surface area (Å²) in [5.41, 5.74) is 3.33. The number of aromatic hydroxyl groups is 1. The maximum Gasteiger partial charge on any atom is 0.264 e. The van der Waals surface area contributed by atoms with Crippen molar-refractivity contribution in [1.82, 2.24) is 9.88 Å². The van der Waals surface area contributed by atoms with Gasteiger partial charge < -0.3 is 15.0 Å². The lowest BCUT2D eigenvalue weighted by Crippen LogP contribution is -2.19. The molecule has 4 rings (SSSR count). The molecule has 7 heteroatoms. The van der Waals surface area contributed by atoms with Gasteiger partial charge in [-0.15, -0.1) is 0 Å². The quantitative estimate of drug-likeness (QED) is 0.596. The number of aliphatic imine (C=N–C) groups is 1. The molecule has 0 atom stereocenters. The van der Waals surface area contributed by atoms with Gasteiger partial charge in [-0.1, -0.05) is 17.7 Å². The lowest BCUT2D eigenvalue weighted by Gasteiger charge is -2.07. The zero-order valence-electron chi connectivity index (χ0n) is 14.9. The number of halogens is 1. The molecule has 140 valence electrons. The van der Waals surface area contributed by atoms with Crippen LogP contribution in [-0.4, -0.2) is 20.7 Å². The van der Waals surface area contributed by atoms with E-state index in [-0.39, 0.29) is 11.7 Å². The van der Waals surface area contributed by atoms with Gasteiger partial charge >= 0.3 is 0 Å². The van der Waals surface area contributed by atoms with Crippen molar-refractivity contribution in [3.63, 3.8) is 0 Å². The van der Waals surface area contributed by atoms with Crippen LogP contribution in [0.4, 0.5) is 5.69 Å². The number of phenols is 1. The van der Waals surface area contributed by atoms with E-state index in [9.17, 15) is 9.90 Å². The third-order valence-corrected chi connectivity index (χ3v) is 5.62. The normalized spacial score (nSPS) is 16.7. The van der Waals surface area contributed by atoms with Crippen molar-refractivity contribution >= 4 is 46.2 Å². The first-order chi connectivity index (χ1) is 13.5. The molecule has 0 unspecified atom stereocenters. The number of hydrogen-bond donors (Lipinski definition) is 2. The zero-order valence-corrected chi connectivity index (χ0v) is 16.5. The number of amidine groups is 1. The number of amides is 1. The lowest BCUT2D eigenvalue weighted by molar-refractivity contribution is -0.115. The highest BCUT2D eigenvalue weighted by Gasteiger charge is 2.24. The minimum Gasteiger partial charge on any atom is -0.508 e. The second-order valence-corrected chi connectivity index (χ2v) is 7.62. The average Bonchev–Trinajstić information content (AvgIpc) is 3.27. The summed E-state index contributed by atoms with van der Waals surface area (Å²) in [4.78, 5) is 17.5. The van der Waals surface area contributed by atoms with Crippen LogP contribution < -0.4 is 5.32 Å². The minimum atomic E-state index is -0.193. The molecule has 1 saturated heterocycles. The van der Waals surface area contributed by atoms with Crippen molar-refractivity contribution in [2.45, 2.75) is 6.92 Å². The first-order valence-electron chi connectivity index (χ1n) is 8.53. The molecule has 1 fully saturated rings. The SMILES string of the molecule is Cc1c(Cl)cccc1N=C1NC(=O)/C(=C\c2cccn2-c2ccc(O)cc2)S1. The van der Waals surface area contributed by atoms with Crippen LogP contribution in [0, 0.1) is 6.92 Å². The Balaban J connectivity index is 1.63. The van der Waals surface area contributed by atoms with Crippen LogP contribution >= 0.6 is 23.4 Å². The molecule has 2 aromatic carbocycles. The van der Waals surface area contributed by atoms with E-state index in [1.807, 2.05) is 66.2 Å². The Labute approximate surface area is 171 Å². The van der Waals surface area contributed by atoms with Crippen molar-refractivity contribution < 1.29 is 9.90 Å². The summed E-state index contributed by atoms with van der Waals surface area (Å²) in [5, 5.41) is 13.4. The summed E-state index contributed by atoms with van der Waals surface area (Å²) >= 11 is 7.43. The van der Waals surface area contributed by atoms with Gasteiger partial charge in [-0.25, -0.2) is 4.99 Å². The Kier molecular flexibility index (Phi) is 4.98. The lowest BCUT2D eigenvalue weighted by atomic mass is 10.2. The predicted octanol–water partition coefficient (Wildman–Crippen LogP) is 5.04. The third kappa shape index (κ3) is 3.69. The maximum absolute atomic E-state index is 12.4. The van der Waals surface area contributed by atoms with Crippen LogP contribution in [0.2, 0.25) is 5.02 Å². The van der Waals surface area contributed by atoms with Crippen LogP contribution in [0.5, 0.6) is 5.75 Å². The molecule has 0 radical (unpaired) electrons. The molecule has 0 bridgehead atoms. The molecule has 1 aliphatic heterocycles. The highest BCUT2D eigenvalue weighted by atomic mass is 35.5. The van der Waals surface area contributed by atoms with Crippen molar-refractivity contribution in [3.05, 3.63) is 82.0 Å². The number of nitrogens with zero attached hydrogens (tertiary/aromatic N) is 2. The summed E-state index contributed by atoms with van der Waals surface area (Å²) < 4.78 is 1.94. The number of carbonyl (C=O) groups is 1. The van der Waals surface area contributed by atoms with Crippen molar-refractivity contribution in [3.8, 4) is 11.4 Å². The van der Waals surface area contributed by atoms with E-state index in [1.165, 1.54) is 11.8 Å². The Bertz CT molecular complexity index is 1120. The van der Waals surface area contributed by atoms with Gasteiger partial charge in [0.15, 0.2) is 5.17 Å². The van der Waals surface area contributed by atoms with E-state index in [2.05, 4.69) is 10.3 Å². The van der Waals surface area contributed by atoms with Gasteiger partial charge in [0.2, 0.25) is 0 Å². The number of aromatic nitrogens is 1. The van der Waals surface area contributed by atoms with Crippen LogP contribution in [-0.2, 0) is 4.79 Å². The molecular formula is C21H16ClN3O2S. The van der Waals surface area contributed by atoms with E-state index in [0.717, 1.165) is 22.6 Å². The van der Waals surface area contributed by atoms with E-state index in [0.29, 0.717) is 15.1 Å². The highest BCUT2D eigenvalue weighted by Crippen LogP contribution is 2.31. The Morgan fingerprint density at radius 2 is 1.93 bits per heavy atom. The van der Waals surface area contributed by atoms with Crippen LogP contribution in [0.15, 0.2) is 70.7 Å². The summed E-state index contributed by atoms with van der Waals surface area (Å²) in [6.07, 6.45) is 3.72. The Morgan fingerprint density at radius 1 is 1.14 bits per heavy atom. The molecule has 28 heavy (non-hydrogen) atoms. The number of carbonyl (C=O) groups excluding carboxylic acids is 1. The third-order valence-electron chi connectivity index (χ3n) is 4.30. The van der Waals surface area contributed by atoms with Crippen molar-refractivity contribution in [1.29, 1.82) is 0 Å². The smallest absolute Gasteiger partial charge is 0.264 e. The highest BCUT2D eigenvalue weighted by molar-refractivity contribution is 8.18. The molecule has 3 aromatic rings. The van der Waals surface area contributed by atoms with Crippen LogP contribution in [0.3, 0.4) is 0 Å². The van der Waals surface area contributed by atoms with Gasteiger partial charge in [0.25, 0.3) is 5.91 Å². The fourth-order valence-corrected chi connectivity index (χ4v) is 3.79.